The van der Waals surface area contributed by atoms with Gasteiger partial charge in [-0.25, -0.2) is 4.98 Å². The minimum Gasteiger partial charge on any atom is -0.343 e. The summed E-state index contributed by atoms with van der Waals surface area (Å²) in [6, 6.07) is 21.7. The fourth-order valence-electron chi connectivity index (χ4n) is 2.63. The van der Waals surface area contributed by atoms with E-state index in [1.54, 1.807) is 6.20 Å². The molecule has 126 valence electrons. The normalized spacial score (nSPS) is 10.3. The van der Waals surface area contributed by atoms with Crippen molar-refractivity contribution >= 4 is 23.1 Å². The van der Waals surface area contributed by atoms with E-state index in [2.05, 4.69) is 10.3 Å². The van der Waals surface area contributed by atoms with Crippen LogP contribution in [-0.4, -0.2) is 17.9 Å². The van der Waals surface area contributed by atoms with Crippen molar-refractivity contribution in [2.24, 2.45) is 0 Å². The van der Waals surface area contributed by atoms with Gasteiger partial charge in [-0.3, -0.25) is 4.79 Å². The second-order valence-electron chi connectivity index (χ2n) is 5.95. The Morgan fingerprint density at radius 1 is 0.960 bits per heavy atom. The number of aryl methyl sites for hydroxylation is 1. The number of benzene rings is 2. The number of hydrogen-bond donors (Lipinski definition) is 1. The van der Waals surface area contributed by atoms with Gasteiger partial charge in [0.05, 0.1) is 18.3 Å². The van der Waals surface area contributed by atoms with Crippen molar-refractivity contribution in [2.45, 2.75) is 13.3 Å². The molecule has 0 atom stereocenters. The molecule has 0 bridgehead atoms. The summed E-state index contributed by atoms with van der Waals surface area (Å²) in [6.07, 6.45) is 2.11. The first-order chi connectivity index (χ1) is 12.1. The number of nitrogens with zero attached hydrogens (tertiary/aromatic N) is 2. The summed E-state index contributed by atoms with van der Waals surface area (Å²) in [7, 11) is 1.99. The molecular formula is C21H21N3O. The quantitative estimate of drug-likeness (QED) is 0.756. The zero-order valence-corrected chi connectivity index (χ0v) is 14.4. The Hall–Kier alpha value is -3.14. The molecule has 0 saturated heterocycles. The van der Waals surface area contributed by atoms with Crippen LogP contribution in [-0.2, 0) is 11.2 Å². The van der Waals surface area contributed by atoms with E-state index in [9.17, 15) is 4.79 Å². The standard InChI is InChI=1S/C21H21N3O/c1-16-8-6-7-9-17(16)14-21(25)23-20-13-12-19(15-22-20)24(2)18-10-4-3-5-11-18/h3-13,15H,14H2,1-2H3,(H,22,23,25). The second-order valence-corrected chi connectivity index (χ2v) is 5.95. The van der Waals surface area contributed by atoms with Gasteiger partial charge in [0.1, 0.15) is 5.82 Å². The van der Waals surface area contributed by atoms with Gasteiger partial charge in [-0.2, -0.15) is 0 Å². The lowest BCUT2D eigenvalue weighted by atomic mass is 10.1. The zero-order valence-electron chi connectivity index (χ0n) is 14.4. The van der Waals surface area contributed by atoms with Gasteiger partial charge in [0, 0.05) is 12.7 Å². The van der Waals surface area contributed by atoms with Crippen molar-refractivity contribution in [1.29, 1.82) is 0 Å². The third-order valence-corrected chi connectivity index (χ3v) is 4.16. The topological polar surface area (TPSA) is 45.2 Å². The van der Waals surface area contributed by atoms with Crippen molar-refractivity contribution in [2.75, 3.05) is 17.3 Å². The highest BCUT2D eigenvalue weighted by Gasteiger charge is 2.08. The van der Waals surface area contributed by atoms with E-state index in [1.165, 1.54) is 0 Å². The van der Waals surface area contributed by atoms with Crippen molar-refractivity contribution in [1.82, 2.24) is 4.98 Å². The summed E-state index contributed by atoms with van der Waals surface area (Å²) >= 11 is 0. The van der Waals surface area contributed by atoms with Crippen LogP contribution in [0.1, 0.15) is 11.1 Å². The lowest BCUT2D eigenvalue weighted by Gasteiger charge is -2.19. The molecule has 0 aliphatic carbocycles. The Bertz CT molecular complexity index is 845. The molecule has 1 N–H and O–H groups in total. The van der Waals surface area contributed by atoms with Crippen LogP contribution >= 0.6 is 0 Å². The van der Waals surface area contributed by atoms with Gasteiger partial charge < -0.3 is 10.2 Å². The van der Waals surface area contributed by atoms with Crippen LogP contribution in [0.4, 0.5) is 17.2 Å². The van der Waals surface area contributed by atoms with Gasteiger partial charge >= 0.3 is 0 Å². The van der Waals surface area contributed by atoms with Gasteiger partial charge in [0.25, 0.3) is 0 Å². The Labute approximate surface area is 148 Å². The summed E-state index contributed by atoms with van der Waals surface area (Å²) in [4.78, 5) is 18.6. The summed E-state index contributed by atoms with van der Waals surface area (Å²) in [6.45, 7) is 2.01. The van der Waals surface area contributed by atoms with Gasteiger partial charge in [0.2, 0.25) is 5.91 Å². The summed E-state index contributed by atoms with van der Waals surface area (Å²) in [5.74, 6) is 0.495. The first-order valence-electron chi connectivity index (χ1n) is 8.22. The van der Waals surface area contributed by atoms with Crippen LogP contribution < -0.4 is 10.2 Å². The van der Waals surface area contributed by atoms with Crippen molar-refractivity contribution < 1.29 is 4.79 Å². The lowest BCUT2D eigenvalue weighted by molar-refractivity contribution is -0.115. The van der Waals surface area contributed by atoms with E-state index >= 15 is 0 Å². The number of aromatic nitrogens is 1. The number of hydrogen-bond acceptors (Lipinski definition) is 3. The molecule has 0 saturated carbocycles. The van der Waals surface area contributed by atoms with E-state index in [1.807, 2.05) is 85.6 Å². The van der Waals surface area contributed by atoms with Gasteiger partial charge in [0.15, 0.2) is 0 Å². The Morgan fingerprint density at radius 2 is 1.68 bits per heavy atom. The predicted octanol–water partition coefficient (Wildman–Crippen LogP) is 4.34. The van der Waals surface area contributed by atoms with Crippen molar-refractivity contribution in [3.05, 3.63) is 84.1 Å². The Morgan fingerprint density at radius 3 is 2.36 bits per heavy atom. The highest BCUT2D eigenvalue weighted by Crippen LogP contribution is 2.23. The maximum atomic E-state index is 12.2. The molecular weight excluding hydrogens is 310 g/mol. The number of amides is 1. The van der Waals surface area contributed by atoms with Crippen LogP contribution in [0, 0.1) is 6.92 Å². The lowest BCUT2D eigenvalue weighted by Crippen LogP contribution is -2.16. The van der Waals surface area contributed by atoms with Crippen LogP contribution in [0.2, 0.25) is 0 Å². The fourth-order valence-corrected chi connectivity index (χ4v) is 2.63. The minimum atomic E-state index is -0.0639. The number of pyridine rings is 1. The molecule has 1 amide bonds. The third-order valence-electron chi connectivity index (χ3n) is 4.16. The number of carbonyl (C=O) groups is 1. The van der Waals surface area contributed by atoms with Crippen molar-refractivity contribution in [3.63, 3.8) is 0 Å². The SMILES string of the molecule is Cc1ccccc1CC(=O)Nc1ccc(N(C)c2ccccc2)cn1. The maximum Gasteiger partial charge on any atom is 0.229 e. The summed E-state index contributed by atoms with van der Waals surface area (Å²) in [5.41, 5.74) is 4.19. The molecule has 25 heavy (non-hydrogen) atoms. The monoisotopic (exact) mass is 331 g/mol. The van der Waals surface area contributed by atoms with Crippen LogP contribution in [0.3, 0.4) is 0 Å². The fraction of sp³-hybridized carbons (Fsp3) is 0.143. The molecule has 0 aliphatic rings. The zero-order chi connectivity index (χ0) is 17.6. The molecule has 1 aromatic heterocycles. The average Bonchev–Trinajstić information content (AvgIpc) is 2.64. The maximum absolute atomic E-state index is 12.2. The molecule has 4 nitrogen and oxygen atoms in total. The number of anilines is 3. The molecule has 3 aromatic rings. The molecule has 0 aliphatic heterocycles. The third kappa shape index (κ3) is 4.23. The number of carbonyl (C=O) groups excluding carboxylic acids is 1. The highest BCUT2D eigenvalue weighted by atomic mass is 16.1. The molecule has 0 spiro atoms. The summed E-state index contributed by atoms with van der Waals surface area (Å²) < 4.78 is 0. The molecule has 4 heteroatoms. The van der Waals surface area contributed by atoms with E-state index in [4.69, 9.17) is 0 Å². The molecule has 0 unspecified atom stereocenters. The number of rotatable bonds is 5. The van der Waals surface area contributed by atoms with E-state index in [-0.39, 0.29) is 5.91 Å². The van der Waals surface area contributed by atoms with Gasteiger partial charge in [-0.05, 0) is 42.3 Å². The Kier molecular flexibility index (Phi) is 5.09. The van der Waals surface area contributed by atoms with E-state index < -0.39 is 0 Å². The highest BCUT2D eigenvalue weighted by molar-refractivity contribution is 5.91. The van der Waals surface area contributed by atoms with Crippen LogP contribution in [0.5, 0.6) is 0 Å². The van der Waals surface area contributed by atoms with E-state index in [0.717, 1.165) is 22.5 Å². The van der Waals surface area contributed by atoms with Crippen LogP contribution in [0.15, 0.2) is 72.9 Å². The van der Waals surface area contributed by atoms with Crippen molar-refractivity contribution in [3.8, 4) is 0 Å². The van der Waals surface area contributed by atoms with Gasteiger partial charge in [-0.15, -0.1) is 0 Å². The summed E-state index contributed by atoms with van der Waals surface area (Å²) in [5, 5.41) is 2.85. The predicted molar refractivity (Wildman–Crippen MR) is 102 cm³/mol. The number of para-hydroxylation sites is 1. The van der Waals surface area contributed by atoms with Gasteiger partial charge in [-0.1, -0.05) is 42.5 Å². The number of nitrogens with one attached hydrogen (secondary N) is 1. The molecule has 0 radical (unpaired) electrons. The minimum absolute atomic E-state index is 0.0639. The van der Waals surface area contributed by atoms with E-state index in [0.29, 0.717) is 12.2 Å². The average molecular weight is 331 g/mol. The molecule has 0 fully saturated rings. The Balaban J connectivity index is 1.64. The first-order valence-corrected chi connectivity index (χ1v) is 8.22. The largest absolute Gasteiger partial charge is 0.343 e. The molecule has 1 heterocycles. The second kappa shape index (κ2) is 7.62. The smallest absolute Gasteiger partial charge is 0.229 e. The first kappa shape index (κ1) is 16.7. The molecule has 3 rings (SSSR count). The van der Waals surface area contributed by atoms with Crippen LogP contribution in [0.25, 0.3) is 0 Å². The molecule has 2 aromatic carbocycles.